The van der Waals surface area contributed by atoms with Gasteiger partial charge in [-0.3, -0.25) is 0 Å². The van der Waals surface area contributed by atoms with Crippen LogP contribution in [0.4, 0.5) is 0 Å². The quantitative estimate of drug-likeness (QED) is 0.590. The number of hydrogen-bond acceptors (Lipinski definition) is 1. The van der Waals surface area contributed by atoms with Crippen LogP contribution >= 0.6 is 0 Å². The first kappa shape index (κ1) is 14.3. The number of benzene rings is 3. The van der Waals surface area contributed by atoms with Gasteiger partial charge in [0.2, 0.25) is 0 Å². The molecule has 1 aliphatic carbocycles. The predicted octanol–water partition coefficient (Wildman–Crippen LogP) is 5.70. The van der Waals surface area contributed by atoms with Crippen LogP contribution in [0.15, 0.2) is 48.5 Å². The van der Waals surface area contributed by atoms with E-state index in [0.717, 1.165) is 5.75 Å². The number of hydrogen-bond donors (Lipinski definition) is 0. The molecule has 0 saturated heterocycles. The van der Waals surface area contributed by atoms with Crippen LogP contribution in [-0.2, 0) is 12.8 Å². The molecule has 116 valence electrons. The SMILES string of the molecule is COc1cccc(C)c1-c1cc2ccccc2c2c1CCCC2. The van der Waals surface area contributed by atoms with E-state index >= 15 is 0 Å². The van der Waals surface area contributed by atoms with Crippen molar-refractivity contribution in [3.05, 3.63) is 65.2 Å². The Bertz CT molecular complexity index is 877. The van der Waals surface area contributed by atoms with Crippen LogP contribution in [0, 0.1) is 6.92 Å². The van der Waals surface area contributed by atoms with Crippen LogP contribution in [0.3, 0.4) is 0 Å². The van der Waals surface area contributed by atoms with Crippen molar-refractivity contribution in [1.82, 2.24) is 0 Å². The Morgan fingerprint density at radius 1 is 0.870 bits per heavy atom. The number of ether oxygens (including phenoxy) is 1. The van der Waals surface area contributed by atoms with Crippen LogP contribution in [-0.4, -0.2) is 7.11 Å². The molecule has 0 amide bonds. The van der Waals surface area contributed by atoms with Gasteiger partial charge < -0.3 is 4.74 Å². The second-order valence-electron chi connectivity index (χ2n) is 6.46. The second-order valence-corrected chi connectivity index (χ2v) is 6.46. The zero-order valence-electron chi connectivity index (χ0n) is 13.9. The van der Waals surface area contributed by atoms with E-state index in [4.69, 9.17) is 4.74 Å². The van der Waals surface area contributed by atoms with Crippen molar-refractivity contribution in [2.75, 3.05) is 7.11 Å². The molecule has 3 aromatic rings. The van der Waals surface area contributed by atoms with Gasteiger partial charge in [-0.2, -0.15) is 0 Å². The molecule has 1 nitrogen and oxygen atoms in total. The molecule has 23 heavy (non-hydrogen) atoms. The fraction of sp³-hybridized carbons (Fsp3) is 0.273. The first-order chi connectivity index (χ1) is 11.3. The van der Waals surface area contributed by atoms with Gasteiger partial charge in [-0.15, -0.1) is 0 Å². The predicted molar refractivity (Wildman–Crippen MR) is 97.3 cm³/mol. The van der Waals surface area contributed by atoms with Gasteiger partial charge in [-0.1, -0.05) is 36.4 Å². The number of fused-ring (bicyclic) bond motifs is 3. The molecule has 0 N–H and O–H groups in total. The van der Waals surface area contributed by atoms with Gasteiger partial charge >= 0.3 is 0 Å². The Labute approximate surface area is 137 Å². The summed E-state index contributed by atoms with van der Waals surface area (Å²) in [5.41, 5.74) is 7.00. The van der Waals surface area contributed by atoms with Crippen LogP contribution in [0.5, 0.6) is 5.75 Å². The smallest absolute Gasteiger partial charge is 0.126 e. The third-order valence-electron chi connectivity index (χ3n) is 5.10. The van der Waals surface area contributed by atoms with E-state index in [1.165, 1.54) is 58.7 Å². The van der Waals surface area contributed by atoms with E-state index < -0.39 is 0 Å². The molecular weight excluding hydrogens is 280 g/mol. The van der Waals surface area contributed by atoms with Crippen LogP contribution in [0.1, 0.15) is 29.5 Å². The van der Waals surface area contributed by atoms with Gasteiger partial charge in [0.1, 0.15) is 5.75 Å². The molecule has 0 saturated carbocycles. The third-order valence-corrected chi connectivity index (χ3v) is 5.10. The second kappa shape index (κ2) is 5.73. The fourth-order valence-corrected chi connectivity index (χ4v) is 4.02. The van der Waals surface area contributed by atoms with E-state index in [1.54, 1.807) is 12.7 Å². The van der Waals surface area contributed by atoms with E-state index in [1.807, 2.05) is 0 Å². The highest BCUT2D eigenvalue weighted by atomic mass is 16.5. The summed E-state index contributed by atoms with van der Waals surface area (Å²) in [7, 11) is 1.77. The average Bonchev–Trinajstić information content (AvgIpc) is 2.61. The number of aryl methyl sites for hydroxylation is 2. The zero-order valence-corrected chi connectivity index (χ0v) is 13.9. The van der Waals surface area contributed by atoms with Crippen molar-refractivity contribution in [2.45, 2.75) is 32.6 Å². The van der Waals surface area contributed by atoms with Crippen LogP contribution < -0.4 is 4.74 Å². The molecule has 1 heteroatoms. The Kier molecular flexibility index (Phi) is 3.57. The van der Waals surface area contributed by atoms with Gasteiger partial charge in [0.05, 0.1) is 7.11 Å². The third kappa shape index (κ3) is 2.31. The molecule has 3 aromatic carbocycles. The summed E-state index contributed by atoms with van der Waals surface area (Å²) < 4.78 is 5.68. The standard InChI is InChI=1S/C22H22O/c1-15-8-7-13-21(23-2)22(15)20-14-16-9-3-4-10-17(16)18-11-5-6-12-19(18)20/h3-4,7-10,13-14H,5-6,11-12H2,1-2H3. The maximum Gasteiger partial charge on any atom is 0.126 e. The number of methoxy groups -OCH3 is 1. The van der Waals surface area contributed by atoms with E-state index in [9.17, 15) is 0 Å². The lowest BCUT2D eigenvalue weighted by atomic mass is 9.81. The summed E-state index contributed by atoms with van der Waals surface area (Å²) in [6.45, 7) is 2.18. The Morgan fingerprint density at radius 3 is 2.48 bits per heavy atom. The van der Waals surface area contributed by atoms with Gasteiger partial charge in [-0.25, -0.2) is 0 Å². The maximum absolute atomic E-state index is 5.68. The molecule has 0 radical (unpaired) electrons. The normalized spacial score (nSPS) is 13.8. The summed E-state index contributed by atoms with van der Waals surface area (Å²) in [5.74, 6) is 0.980. The lowest BCUT2D eigenvalue weighted by Gasteiger charge is -2.24. The summed E-state index contributed by atoms with van der Waals surface area (Å²) >= 11 is 0. The molecule has 0 atom stereocenters. The van der Waals surface area contributed by atoms with Gasteiger partial charge in [0.25, 0.3) is 0 Å². The zero-order chi connectivity index (χ0) is 15.8. The van der Waals surface area contributed by atoms with Gasteiger partial charge in [-0.05, 0) is 77.8 Å². The monoisotopic (exact) mass is 302 g/mol. The topological polar surface area (TPSA) is 9.23 Å². The van der Waals surface area contributed by atoms with Crippen molar-refractivity contribution in [3.8, 4) is 16.9 Å². The lowest BCUT2D eigenvalue weighted by molar-refractivity contribution is 0.416. The fourth-order valence-electron chi connectivity index (χ4n) is 4.02. The summed E-state index contributed by atoms with van der Waals surface area (Å²) in [6.07, 6.45) is 4.95. The maximum atomic E-state index is 5.68. The molecule has 1 aliphatic rings. The molecular formula is C22H22O. The number of rotatable bonds is 2. The Balaban J connectivity index is 2.09. The summed E-state index contributed by atoms with van der Waals surface area (Å²) in [4.78, 5) is 0. The van der Waals surface area contributed by atoms with E-state index in [0.29, 0.717) is 0 Å². The highest BCUT2D eigenvalue weighted by Crippen LogP contribution is 2.41. The summed E-state index contributed by atoms with van der Waals surface area (Å²) in [5, 5.41) is 2.77. The van der Waals surface area contributed by atoms with Crippen molar-refractivity contribution < 1.29 is 4.74 Å². The highest BCUT2D eigenvalue weighted by Gasteiger charge is 2.20. The average molecular weight is 302 g/mol. The first-order valence-corrected chi connectivity index (χ1v) is 8.47. The molecule has 0 aromatic heterocycles. The van der Waals surface area contributed by atoms with E-state index in [-0.39, 0.29) is 0 Å². The van der Waals surface area contributed by atoms with Gasteiger partial charge in [0.15, 0.2) is 0 Å². The molecule has 0 heterocycles. The van der Waals surface area contributed by atoms with Crippen molar-refractivity contribution in [1.29, 1.82) is 0 Å². The minimum Gasteiger partial charge on any atom is -0.496 e. The largest absolute Gasteiger partial charge is 0.496 e. The minimum atomic E-state index is 0.980. The minimum absolute atomic E-state index is 0.980. The van der Waals surface area contributed by atoms with Crippen molar-refractivity contribution >= 4 is 10.8 Å². The molecule has 4 rings (SSSR count). The molecule has 0 fully saturated rings. The van der Waals surface area contributed by atoms with Crippen LogP contribution in [0.25, 0.3) is 21.9 Å². The molecule has 0 unspecified atom stereocenters. The molecule has 0 bridgehead atoms. The van der Waals surface area contributed by atoms with Gasteiger partial charge in [0, 0.05) is 5.56 Å². The summed E-state index contributed by atoms with van der Waals surface area (Å²) in [6, 6.07) is 17.5. The highest BCUT2D eigenvalue weighted by molar-refractivity contribution is 5.94. The Hall–Kier alpha value is -2.28. The molecule has 0 spiro atoms. The Morgan fingerprint density at radius 2 is 1.65 bits per heavy atom. The lowest BCUT2D eigenvalue weighted by Crippen LogP contribution is -2.06. The van der Waals surface area contributed by atoms with Crippen LogP contribution in [0.2, 0.25) is 0 Å². The molecule has 0 aliphatic heterocycles. The van der Waals surface area contributed by atoms with E-state index in [2.05, 4.69) is 55.5 Å². The van der Waals surface area contributed by atoms with Crippen molar-refractivity contribution in [3.63, 3.8) is 0 Å². The first-order valence-electron chi connectivity index (χ1n) is 8.47. The van der Waals surface area contributed by atoms with Crippen molar-refractivity contribution in [2.24, 2.45) is 0 Å².